The fourth-order valence-corrected chi connectivity index (χ4v) is 2.01. The molecule has 0 heterocycles. The zero-order valence-corrected chi connectivity index (χ0v) is 13.2. The van der Waals surface area contributed by atoms with Crippen molar-refractivity contribution in [3.63, 3.8) is 0 Å². The Hall–Kier alpha value is -3.22. The Morgan fingerprint density at radius 2 is 1.88 bits per heavy atom. The predicted octanol–water partition coefficient (Wildman–Crippen LogP) is 3.20. The van der Waals surface area contributed by atoms with Crippen LogP contribution in [0.15, 0.2) is 48.5 Å². The fraction of sp³-hybridized carbons (Fsp3) is 0.176. The Bertz CT molecular complexity index is 788. The lowest BCUT2D eigenvalue weighted by Crippen LogP contribution is -2.30. The summed E-state index contributed by atoms with van der Waals surface area (Å²) in [4.78, 5) is 33.9. The standard InChI is InChI=1S/C17H16N2O5/c1-11(20)13-6-5-7-14(10-13)18-17(21)12(2)24-16-9-4-3-8-15(16)19(22)23/h3-10,12H,1-2H3,(H,18,21)/t12-/m1/s1. The Balaban J connectivity index is 2.09. The van der Waals surface area contributed by atoms with E-state index in [4.69, 9.17) is 4.74 Å². The van der Waals surface area contributed by atoms with Gasteiger partial charge in [0.25, 0.3) is 5.91 Å². The highest BCUT2D eigenvalue weighted by Crippen LogP contribution is 2.27. The molecule has 1 atom stereocenters. The summed E-state index contributed by atoms with van der Waals surface area (Å²) in [5.74, 6) is -0.577. The number of hydrogen-bond acceptors (Lipinski definition) is 5. The molecule has 2 rings (SSSR count). The molecule has 0 aliphatic heterocycles. The molecule has 1 amide bonds. The number of nitrogens with one attached hydrogen (secondary N) is 1. The molecule has 0 bridgehead atoms. The zero-order chi connectivity index (χ0) is 17.7. The third kappa shape index (κ3) is 4.16. The Morgan fingerprint density at radius 3 is 2.54 bits per heavy atom. The van der Waals surface area contributed by atoms with Crippen LogP contribution in [-0.4, -0.2) is 22.7 Å². The molecule has 7 nitrogen and oxygen atoms in total. The Kier molecular flexibility index (Phi) is 5.26. The van der Waals surface area contributed by atoms with Gasteiger partial charge >= 0.3 is 5.69 Å². The van der Waals surface area contributed by atoms with Crippen LogP contribution in [0.3, 0.4) is 0 Å². The highest BCUT2D eigenvalue weighted by Gasteiger charge is 2.20. The number of para-hydroxylation sites is 2. The maximum Gasteiger partial charge on any atom is 0.310 e. The summed E-state index contributed by atoms with van der Waals surface area (Å²) in [7, 11) is 0. The van der Waals surface area contributed by atoms with E-state index in [0.717, 1.165) is 0 Å². The van der Waals surface area contributed by atoms with Gasteiger partial charge in [0, 0.05) is 17.3 Å². The first kappa shape index (κ1) is 17.1. The van der Waals surface area contributed by atoms with Gasteiger partial charge < -0.3 is 10.1 Å². The number of nitro benzene ring substituents is 1. The minimum absolute atomic E-state index is 0.0163. The molecule has 0 saturated carbocycles. The van der Waals surface area contributed by atoms with Crippen LogP contribution in [0.25, 0.3) is 0 Å². The van der Waals surface area contributed by atoms with E-state index in [1.54, 1.807) is 30.3 Å². The van der Waals surface area contributed by atoms with Crippen molar-refractivity contribution in [1.82, 2.24) is 0 Å². The highest BCUT2D eigenvalue weighted by molar-refractivity contribution is 5.98. The summed E-state index contributed by atoms with van der Waals surface area (Å²) in [5, 5.41) is 13.6. The molecular formula is C17H16N2O5. The van der Waals surface area contributed by atoms with Crippen LogP contribution >= 0.6 is 0 Å². The molecule has 0 spiro atoms. The van der Waals surface area contributed by atoms with Crippen molar-refractivity contribution < 1.29 is 19.2 Å². The number of anilines is 1. The third-order valence-electron chi connectivity index (χ3n) is 3.27. The lowest BCUT2D eigenvalue weighted by atomic mass is 10.1. The molecule has 0 aromatic heterocycles. The topological polar surface area (TPSA) is 98.5 Å². The molecule has 1 N–H and O–H groups in total. The summed E-state index contributed by atoms with van der Waals surface area (Å²) in [6, 6.07) is 12.3. The number of benzene rings is 2. The lowest BCUT2D eigenvalue weighted by molar-refractivity contribution is -0.386. The van der Waals surface area contributed by atoms with E-state index in [1.807, 2.05) is 0 Å². The largest absolute Gasteiger partial charge is 0.474 e. The SMILES string of the molecule is CC(=O)c1cccc(NC(=O)[C@@H](C)Oc2ccccc2[N+](=O)[O-])c1. The number of Topliss-reactive ketones (excluding diaryl/α,β-unsaturated/α-hetero) is 1. The van der Waals surface area contributed by atoms with Gasteiger partial charge in [-0.25, -0.2) is 0 Å². The van der Waals surface area contributed by atoms with E-state index in [1.165, 1.54) is 32.0 Å². The molecule has 2 aromatic rings. The van der Waals surface area contributed by atoms with E-state index in [9.17, 15) is 19.7 Å². The second-order valence-corrected chi connectivity index (χ2v) is 5.11. The monoisotopic (exact) mass is 328 g/mol. The molecule has 0 fully saturated rings. The summed E-state index contributed by atoms with van der Waals surface area (Å²) in [6.07, 6.45) is -0.952. The van der Waals surface area contributed by atoms with Gasteiger partial charge in [-0.05, 0) is 32.0 Å². The van der Waals surface area contributed by atoms with Crippen molar-refractivity contribution in [3.05, 3.63) is 64.2 Å². The summed E-state index contributed by atoms with van der Waals surface area (Å²) < 4.78 is 5.40. The smallest absolute Gasteiger partial charge is 0.310 e. The molecule has 24 heavy (non-hydrogen) atoms. The lowest BCUT2D eigenvalue weighted by Gasteiger charge is -2.15. The van der Waals surface area contributed by atoms with Crippen LogP contribution < -0.4 is 10.1 Å². The van der Waals surface area contributed by atoms with E-state index in [0.29, 0.717) is 11.3 Å². The molecule has 0 aliphatic carbocycles. The molecule has 124 valence electrons. The van der Waals surface area contributed by atoms with E-state index < -0.39 is 16.9 Å². The average Bonchev–Trinajstić information content (AvgIpc) is 2.55. The first-order valence-electron chi connectivity index (χ1n) is 7.20. The minimum Gasteiger partial charge on any atom is -0.474 e. The molecule has 0 aliphatic rings. The quantitative estimate of drug-likeness (QED) is 0.499. The minimum atomic E-state index is -0.952. The van der Waals surface area contributed by atoms with Crippen molar-refractivity contribution in [1.29, 1.82) is 0 Å². The van der Waals surface area contributed by atoms with Gasteiger partial charge in [-0.15, -0.1) is 0 Å². The van der Waals surface area contributed by atoms with Gasteiger partial charge in [0.2, 0.25) is 0 Å². The fourth-order valence-electron chi connectivity index (χ4n) is 2.01. The zero-order valence-electron chi connectivity index (χ0n) is 13.2. The van der Waals surface area contributed by atoms with E-state index >= 15 is 0 Å². The molecular weight excluding hydrogens is 312 g/mol. The first-order chi connectivity index (χ1) is 11.4. The van der Waals surface area contributed by atoms with Crippen LogP contribution in [0.5, 0.6) is 5.75 Å². The van der Waals surface area contributed by atoms with Crippen LogP contribution in [-0.2, 0) is 4.79 Å². The number of ether oxygens (including phenoxy) is 1. The molecule has 0 unspecified atom stereocenters. The number of nitrogens with zero attached hydrogens (tertiary/aromatic N) is 1. The van der Waals surface area contributed by atoms with Crippen LogP contribution in [0.2, 0.25) is 0 Å². The number of amides is 1. The van der Waals surface area contributed by atoms with Crippen molar-refractivity contribution in [2.75, 3.05) is 5.32 Å². The van der Waals surface area contributed by atoms with Gasteiger partial charge in [0.15, 0.2) is 17.6 Å². The molecule has 7 heteroatoms. The normalized spacial score (nSPS) is 11.4. The van der Waals surface area contributed by atoms with Gasteiger partial charge in [-0.1, -0.05) is 24.3 Å². The summed E-state index contributed by atoms with van der Waals surface area (Å²) >= 11 is 0. The first-order valence-corrected chi connectivity index (χ1v) is 7.20. The van der Waals surface area contributed by atoms with Gasteiger partial charge in [-0.2, -0.15) is 0 Å². The summed E-state index contributed by atoms with van der Waals surface area (Å²) in [6.45, 7) is 2.92. The van der Waals surface area contributed by atoms with Crippen molar-refractivity contribution >= 4 is 23.1 Å². The maximum atomic E-state index is 12.2. The molecule has 0 saturated heterocycles. The highest BCUT2D eigenvalue weighted by atomic mass is 16.6. The third-order valence-corrected chi connectivity index (χ3v) is 3.27. The molecule has 0 radical (unpaired) electrons. The number of ketones is 1. The van der Waals surface area contributed by atoms with E-state index in [2.05, 4.69) is 5.32 Å². The van der Waals surface area contributed by atoms with Crippen molar-refractivity contribution in [2.45, 2.75) is 20.0 Å². The van der Waals surface area contributed by atoms with Crippen LogP contribution in [0, 0.1) is 10.1 Å². The molecule has 2 aromatic carbocycles. The van der Waals surface area contributed by atoms with Crippen LogP contribution in [0.4, 0.5) is 11.4 Å². The maximum absolute atomic E-state index is 12.2. The van der Waals surface area contributed by atoms with Crippen molar-refractivity contribution in [2.24, 2.45) is 0 Å². The second kappa shape index (κ2) is 7.36. The second-order valence-electron chi connectivity index (χ2n) is 5.11. The van der Waals surface area contributed by atoms with Gasteiger partial charge in [-0.3, -0.25) is 19.7 Å². The van der Waals surface area contributed by atoms with Gasteiger partial charge in [0.1, 0.15) is 0 Å². The number of nitro groups is 1. The number of hydrogen-bond donors (Lipinski definition) is 1. The number of carbonyl (C=O) groups is 2. The average molecular weight is 328 g/mol. The van der Waals surface area contributed by atoms with E-state index in [-0.39, 0.29) is 17.2 Å². The van der Waals surface area contributed by atoms with Crippen molar-refractivity contribution in [3.8, 4) is 5.75 Å². The predicted molar refractivity (Wildman–Crippen MR) is 88.3 cm³/mol. The number of carbonyl (C=O) groups excluding carboxylic acids is 2. The number of rotatable bonds is 6. The van der Waals surface area contributed by atoms with Crippen LogP contribution in [0.1, 0.15) is 24.2 Å². The Morgan fingerprint density at radius 1 is 1.17 bits per heavy atom. The summed E-state index contributed by atoms with van der Waals surface area (Å²) in [5.41, 5.74) is 0.710. The Labute approximate surface area is 138 Å². The van der Waals surface area contributed by atoms with Gasteiger partial charge in [0.05, 0.1) is 4.92 Å².